The van der Waals surface area contributed by atoms with Crippen LogP contribution >= 0.6 is 0 Å². The Balaban J connectivity index is 2.68. The molecule has 0 saturated heterocycles. The van der Waals surface area contributed by atoms with Crippen LogP contribution in [-0.4, -0.2) is 47.4 Å². The van der Waals surface area contributed by atoms with E-state index in [-0.39, 0.29) is 18.9 Å². The largest absolute Gasteiger partial charge is 0.385 e. The van der Waals surface area contributed by atoms with Crippen molar-refractivity contribution < 1.29 is 17.9 Å². The molecule has 0 unspecified atom stereocenters. The minimum absolute atomic E-state index is 0.117. The van der Waals surface area contributed by atoms with E-state index in [1.165, 1.54) is 4.31 Å². The maximum atomic E-state index is 12.0. The lowest BCUT2D eigenvalue weighted by molar-refractivity contribution is -0.120. The van der Waals surface area contributed by atoms with Crippen molar-refractivity contribution in [2.45, 2.75) is 32.6 Å². The van der Waals surface area contributed by atoms with Gasteiger partial charge in [-0.1, -0.05) is 26.0 Å². The van der Waals surface area contributed by atoms with Gasteiger partial charge >= 0.3 is 0 Å². The maximum Gasteiger partial charge on any atom is 0.232 e. The molecule has 1 N–H and O–H groups in total. The van der Waals surface area contributed by atoms with E-state index in [9.17, 15) is 13.2 Å². The van der Waals surface area contributed by atoms with Crippen molar-refractivity contribution in [2.24, 2.45) is 0 Å². The lowest BCUT2D eigenvalue weighted by Crippen LogP contribution is -2.35. The first-order valence-corrected chi connectivity index (χ1v) is 9.94. The number of carbonyl (C=O) groups excluding carboxylic acids is 1. The highest BCUT2D eigenvalue weighted by Crippen LogP contribution is 2.22. The van der Waals surface area contributed by atoms with E-state index in [1.807, 2.05) is 12.1 Å². The molecule has 1 aromatic rings. The fourth-order valence-corrected chi connectivity index (χ4v) is 3.18. The summed E-state index contributed by atoms with van der Waals surface area (Å²) in [4.78, 5) is 11.8. The summed E-state index contributed by atoms with van der Waals surface area (Å²) in [5, 5.41) is 2.76. The number of sulfonamides is 1. The van der Waals surface area contributed by atoms with Crippen molar-refractivity contribution in [3.63, 3.8) is 0 Å². The van der Waals surface area contributed by atoms with Gasteiger partial charge < -0.3 is 10.1 Å². The second-order valence-corrected chi connectivity index (χ2v) is 7.93. The summed E-state index contributed by atoms with van der Waals surface area (Å²) in [6, 6.07) is 7.41. The normalized spacial score (nSPS) is 11.5. The summed E-state index contributed by atoms with van der Waals surface area (Å²) in [5.74, 6) is 0.210. The summed E-state index contributed by atoms with van der Waals surface area (Å²) in [7, 11) is -1.84. The number of carbonyl (C=O) groups is 1. The number of benzene rings is 1. The second kappa shape index (κ2) is 9.64. The zero-order valence-corrected chi connectivity index (χ0v) is 15.7. The van der Waals surface area contributed by atoms with Crippen molar-refractivity contribution in [1.82, 2.24) is 5.32 Å². The topological polar surface area (TPSA) is 75.7 Å². The summed E-state index contributed by atoms with van der Waals surface area (Å²) in [5.41, 5.74) is 1.72. The molecule has 1 rings (SSSR count). The van der Waals surface area contributed by atoms with Gasteiger partial charge in [-0.05, 0) is 30.0 Å². The smallest absolute Gasteiger partial charge is 0.232 e. The minimum Gasteiger partial charge on any atom is -0.385 e. The molecule has 136 valence electrons. The standard InChI is InChI=1S/C17H28N2O4S/c1-14(2)15-6-8-16(9-7-15)19(24(4,21)22)12-10-17(20)18-11-5-13-23-3/h6-9,14H,5,10-13H2,1-4H3,(H,18,20). The zero-order chi connectivity index (χ0) is 18.2. The molecule has 0 atom stereocenters. The Labute approximate surface area is 145 Å². The van der Waals surface area contributed by atoms with Gasteiger partial charge in [0.05, 0.1) is 11.9 Å². The van der Waals surface area contributed by atoms with Crippen molar-refractivity contribution in [3.8, 4) is 0 Å². The lowest BCUT2D eigenvalue weighted by Gasteiger charge is -2.22. The first kappa shape index (κ1) is 20.4. The van der Waals surface area contributed by atoms with Gasteiger partial charge in [0.1, 0.15) is 0 Å². The highest BCUT2D eigenvalue weighted by Gasteiger charge is 2.18. The SMILES string of the molecule is COCCCNC(=O)CCN(c1ccc(C(C)C)cc1)S(C)(=O)=O. The molecule has 0 aliphatic carbocycles. The highest BCUT2D eigenvalue weighted by atomic mass is 32.2. The molecule has 0 spiro atoms. The van der Waals surface area contributed by atoms with E-state index in [2.05, 4.69) is 19.2 Å². The molecule has 24 heavy (non-hydrogen) atoms. The van der Waals surface area contributed by atoms with Crippen LogP contribution in [0.5, 0.6) is 0 Å². The van der Waals surface area contributed by atoms with Gasteiger partial charge in [0.2, 0.25) is 15.9 Å². The average Bonchev–Trinajstić information content (AvgIpc) is 2.51. The number of rotatable bonds is 10. The lowest BCUT2D eigenvalue weighted by atomic mass is 10.0. The van der Waals surface area contributed by atoms with Crippen molar-refractivity contribution in [3.05, 3.63) is 29.8 Å². The Morgan fingerprint density at radius 3 is 2.38 bits per heavy atom. The molecule has 7 heteroatoms. The number of amides is 1. The van der Waals surface area contributed by atoms with Crippen LogP contribution in [0.15, 0.2) is 24.3 Å². The number of hydrogen-bond donors (Lipinski definition) is 1. The number of anilines is 1. The quantitative estimate of drug-likeness (QED) is 0.652. The molecule has 0 heterocycles. The predicted molar refractivity (Wildman–Crippen MR) is 96.8 cm³/mol. The summed E-state index contributed by atoms with van der Waals surface area (Å²) in [6.07, 6.45) is 2.00. The van der Waals surface area contributed by atoms with Crippen LogP contribution < -0.4 is 9.62 Å². The molecule has 0 fully saturated rings. The Hall–Kier alpha value is -1.60. The Morgan fingerprint density at radius 1 is 1.25 bits per heavy atom. The molecular formula is C17H28N2O4S. The van der Waals surface area contributed by atoms with Gasteiger partial charge in [0, 0.05) is 33.2 Å². The van der Waals surface area contributed by atoms with Gasteiger partial charge in [-0.2, -0.15) is 0 Å². The van der Waals surface area contributed by atoms with Crippen LogP contribution in [0, 0.1) is 0 Å². The van der Waals surface area contributed by atoms with Crippen molar-refractivity contribution in [1.29, 1.82) is 0 Å². The fourth-order valence-electron chi connectivity index (χ4n) is 2.25. The van der Waals surface area contributed by atoms with Gasteiger partial charge in [0.15, 0.2) is 0 Å². The second-order valence-electron chi connectivity index (χ2n) is 6.03. The number of nitrogens with one attached hydrogen (secondary N) is 1. The van der Waals surface area contributed by atoms with Crippen LogP contribution in [0.3, 0.4) is 0 Å². The Morgan fingerprint density at radius 2 is 1.88 bits per heavy atom. The summed E-state index contributed by atoms with van der Waals surface area (Å²) < 4.78 is 30.3. The first-order chi connectivity index (χ1) is 11.3. The van der Waals surface area contributed by atoms with Crippen LogP contribution in [0.1, 0.15) is 38.2 Å². The molecule has 6 nitrogen and oxygen atoms in total. The van der Waals surface area contributed by atoms with Gasteiger partial charge in [0.25, 0.3) is 0 Å². The molecular weight excluding hydrogens is 328 g/mol. The van der Waals surface area contributed by atoms with Crippen molar-refractivity contribution in [2.75, 3.05) is 37.4 Å². The predicted octanol–water partition coefficient (Wildman–Crippen LogP) is 2.12. The number of ether oxygens (including phenoxy) is 1. The van der Waals surface area contributed by atoms with Gasteiger partial charge in [-0.3, -0.25) is 9.10 Å². The van der Waals surface area contributed by atoms with Crippen LogP contribution in [0.25, 0.3) is 0 Å². The molecule has 0 aliphatic heterocycles. The monoisotopic (exact) mass is 356 g/mol. The fraction of sp³-hybridized carbons (Fsp3) is 0.588. The number of methoxy groups -OCH3 is 1. The van der Waals surface area contributed by atoms with E-state index in [4.69, 9.17) is 4.74 Å². The van der Waals surface area contributed by atoms with E-state index in [0.29, 0.717) is 24.8 Å². The molecule has 0 aliphatic rings. The third kappa shape index (κ3) is 6.88. The summed E-state index contributed by atoms with van der Waals surface area (Å²) in [6.45, 7) is 5.39. The molecule has 0 radical (unpaired) electrons. The molecule has 0 saturated carbocycles. The van der Waals surface area contributed by atoms with E-state index in [0.717, 1.165) is 18.2 Å². The Bertz CT molecular complexity index is 612. The third-order valence-corrected chi connectivity index (χ3v) is 4.83. The summed E-state index contributed by atoms with van der Waals surface area (Å²) >= 11 is 0. The third-order valence-electron chi connectivity index (χ3n) is 3.64. The highest BCUT2D eigenvalue weighted by molar-refractivity contribution is 7.92. The van der Waals surface area contributed by atoms with E-state index < -0.39 is 10.0 Å². The Kier molecular flexibility index (Phi) is 8.21. The van der Waals surface area contributed by atoms with Crippen LogP contribution in [0.2, 0.25) is 0 Å². The maximum absolute atomic E-state index is 12.0. The van der Waals surface area contributed by atoms with E-state index >= 15 is 0 Å². The number of hydrogen-bond acceptors (Lipinski definition) is 4. The molecule has 1 amide bonds. The van der Waals surface area contributed by atoms with Crippen molar-refractivity contribution >= 4 is 21.6 Å². The van der Waals surface area contributed by atoms with Gasteiger partial charge in [-0.25, -0.2) is 8.42 Å². The average molecular weight is 356 g/mol. The molecule has 1 aromatic carbocycles. The number of nitrogens with zero attached hydrogens (tertiary/aromatic N) is 1. The van der Waals surface area contributed by atoms with Crippen LogP contribution in [-0.2, 0) is 19.6 Å². The first-order valence-electron chi connectivity index (χ1n) is 8.09. The molecule has 0 aromatic heterocycles. The molecule has 0 bridgehead atoms. The van der Waals surface area contributed by atoms with Crippen LogP contribution in [0.4, 0.5) is 5.69 Å². The minimum atomic E-state index is -3.44. The van der Waals surface area contributed by atoms with Gasteiger partial charge in [-0.15, -0.1) is 0 Å². The zero-order valence-electron chi connectivity index (χ0n) is 14.9. The van der Waals surface area contributed by atoms with E-state index in [1.54, 1.807) is 19.2 Å².